The van der Waals surface area contributed by atoms with Gasteiger partial charge < -0.3 is 23.8 Å². The summed E-state index contributed by atoms with van der Waals surface area (Å²) in [5.41, 5.74) is 2.56. The van der Waals surface area contributed by atoms with E-state index in [0.29, 0.717) is 35.6 Å². The molecular formula is C23H25NO7. The lowest BCUT2D eigenvalue weighted by Crippen LogP contribution is -2.41. The summed E-state index contributed by atoms with van der Waals surface area (Å²) in [5, 5.41) is 0. The highest BCUT2D eigenvalue weighted by atomic mass is 16.5. The molecule has 164 valence electrons. The average Bonchev–Trinajstić information content (AvgIpc) is 2.82. The summed E-state index contributed by atoms with van der Waals surface area (Å²) in [7, 11) is 5.71. The first-order chi connectivity index (χ1) is 14.9. The third-order valence-electron chi connectivity index (χ3n) is 5.40. The van der Waals surface area contributed by atoms with Crippen LogP contribution >= 0.6 is 0 Å². The molecule has 0 saturated heterocycles. The number of fused-ring (bicyclic) bond motifs is 1. The highest BCUT2D eigenvalue weighted by molar-refractivity contribution is 5.96. The predicted octanol–water partition coefficient (Wildman–Crippen LogP) is 2.79. The number of nitrogens with zero attached hydrogens (tertiary/aromatic N) is 1. The van der Waals surface area contributed by atoms with E-state index in [-0.39, 0.29) is 12.3 Å². The Morgan fingerprint density at radius 1 is 0.903 bits per heavy atom. The molecule has 2 aromatic rings. The van der Waals surface area contributed by atoms with Gasteiger partial charge in [0.2, 0.25) is 0 Å². The first-order valence-corrected chi connectivity index (χ1v) is 9.74. The highest BCUT2D eigenvalue weighted by Crippen LogP contribution is 2.40. The zero-order valence-corrected chi connectivity index (χ0v) is 18.0. The summed E-state index contributed by atoms with van der Waals surface area (Å²) in [6, 6.07) is 9.40. The first kappa shape index (κ1) is 22.1. The van der Waals surface area contributed by atoms with E-state index in [0.717, 1.165) is 11.1 Å². The van der Waals surface area contributed by atoms with E-state index in [2.05, 4.69) is 0 Å². The minimum absolute atomic E-state index is 0.00493. The second-order valence-corrected chi connectivity index (χ2v) is 7.02. The van der Waals surface area contributed by atoms with Gasteiger partial charge in [-0.1, -0.05) is 0 Å². The Morgan fingerprint density at radius 3 is 2.10 bits per heavy atom. The third kappa shape index (κ3) is 4.47. The summed E-state index contributed by atoms with van der Waals surface area (Å²) in [5.74, 6) is -0.0307. The number of methoxy groups -OCH3 is 4. The zero-order valence-electron chi connectivity index (χ0n) is 18.0. The van der Waals surface area contributed by atoms with E-state index in [1.807, 2.05) is 12.1 Å². The Labute approximate surface area is 180 Å². The van der Waals surface area contributed by atoms with E-state index in [9.17, 15) is 14.4 Å². The number of esters is 2. The van der Waals surface area contributed by atoms with Crippen molar-refractivity contribution in [1.82, 2.24) is 4.90 Å². The maximum Gasteiger partial charge on any atom is 0.337 e. The van der Waals surface area contributed by atoms with Gasteiger partial charge in [-0.05, 0) is 53.9 Å². The van der Waals surface area contributed by atoms with Crippen molar-refractivity contribution in [3.8, 4) is 11.5 Å². The average molecular weight is 427 g/mol. The number of rotatable bonds is 6. The Morgan fingerprint density at radius 2 is 1.52 bits per heavy atom. The SMILES string of the molecule is COC(=O)CC1c2cc(OC)c(OC)cc2CCN1C(=O)c1ccc(C(=O)OC)cc1. The lowest BCUT2D eigenvalue weighted by molar-refractivity contribution is -0.141. The van der Waals surface area contributed by atoms with E-state index in [1.165, 1.54) is 21.3 Å². The topological polar surface area (TPSA) is 91.4 Å². The molecule has 3 rings (SSSR count). The van der Waals surface area contributed by atoms with E-state index < -0.39 is 18.0 Å². The van der Waals surface area contributed by atoms with Crippen LogP contribution in [0.2, 0.25) is 0 Å². The number of amides is 1. The standard InChI is InChI=1S/C23H25NO7/c1-28-19-11-16-9-10-24(18(13-21(25)30-3)17(16)12-20(19)29-2)22(26)14-5-7-15(8-6-14)23(27)31-4/h5-8,11-12,18H,9-10,13H2,1-4H3. The molecule has 1 atom stereocenters. The molecule has 8 nitrogen and oxygen atoms in total. The number of ether oxygens (including phenoxy) is 4. The highest BCUT2D eigenvalue weighted by Gasteiger charge is 2.34. The van der Waals surface area contributed by atoms with Crippen LogP contribution in [0.4, 0.5) is 0 Å². The normalized spacial score (nSPS) is 15.0. The van der Waals surface area contributed by atoms with Gasteiger partial charge in [-0.3, -0.25) is 9.59 Å². The van der Waals surface area contributed by atoms with Crippen LogP contribution in [0.15, 0.2) is 36.4 Å². The summed E-state index contributed by atoms with van der Waals surface area (Å²) in [6.45, 7) is 0.418. The molecule has 0 fully saturated rings. The molecule has 2 aromatic carbocycles. The fourth-order valence-corrected chi connectivity index (χ4v) is 3.77. The lowest BCUT2D eigenvalue weighted by atomic mass is 9.89. The van der Waals surface area contributed by atoms with Gasteiger partial charge >= 0.3 is 11.9 Å². The molecule has 0 bridgehead atoms. The predicted molar refractivity (Wildman–Crippen MR) is 111 cm³/mol. The van der Waals surface area contributed by atoms with Crippen molar-refractivity contribution >= 4 is 17.8 Å². The zero-order chi connectivity index (χ0) is 22.5. The van der Waals surface area contributed by atoms with Crippen molar-refractivity contribution in [3.05, 3.63) is 58.7 Å². The molecule has 0 aromatic heterocycles. The Kier molecular flexibility index (Phi) is 6.79. The quantitative estimate of drug-likeness (QED) is 0.655. The van der Waals surface area contributed by atoms with E-state index in [4.69, 9.17) is 18.9 Å². The molecule has 0 N–H and O–H groups in total. The van der Waals surface area contributed by atoms with Crippen LogP contribution in [0.5, 0.6) is 11.5 Å². The minimum Gasteiger partial charge on any atom is -0.493 e. The molecule has 0 radical (unpaired) electrons. The molecule has 1 amide bonds. The molecule has 0 aliphatic carbocycles. The minimum atomic E-state index is -0.524. The Bertz CT molecular complexity index is 984. The van der Waals surface area contributed by atoms with Crippen LogP contribution < -0.4 is 9.47 Å². The molecule has 1 aliphatic heterocycles. The molecule has 1 aliphatic rings. The second kappa shape index (κ2) is 9.51. The van der Waals surface area contributed by atoms with Crippen molar-refractivity contribution in [2.75, 3.05) is 35.0 Å². The smallest absolute Gasteiger partial charge is 0.337 e. The van der Waals surface area contributed by atoms with Crippen molar-refractivity contribution in [1.29, 1.82) is 0 Å². The van der Waals surface area contributed by atoms with Gasteiger partial charge in [-0.2, -0.15) is 0 Å². The molecule has 1 heterocycles. The van der Waals surface area contributed by atoms with Crippen molar-refractivity contribution in [3.63, 3.8) is 0 Å². The van der Waals surface area contributed by atoms with Gasteiger partial charge in [0.15, 0.2) is 11.5 Å². The number of carbonyl (C=O) groups excluding carboxylic acids is 3. The number of benzene rings is 2. The number of hydrogen-bond acceptors (Lipinski definition) is 7. The fourth-order valence-electron chi connectivity index (χ4n) is 3.77. The monoisotopic (exact) mass is 427 g/mol. The van der Waals surface area contributed by atoms with Crippen LogP contribution in [0.1, 0.15) is 44.3 Å². The summed E-state index contributed by atoms with van der Waals surface area (Å²) < 4.78 is 20.4. The van der Waals surface area contributed by atoms with Gasteiger partial charge in [0, 0.05) is 12.1 Å². The van der Waals surface area contributed by atoms with Crippen molar-refractivity contribution in [2.24, 2.45) is 0 Å². The van der Waals surface area contributed by atoms with Gasteiger partial charge in [0.25, 0.3) is 5.91 Å². The largest absolute Gasteiger partial charge is 0.493 e. The van der Waals surface area contributed by atoms with Crippen molar-refractivity contribution in [2.45, 2.75) is 18.9 Å². The number of carbonyl (C=O) groups is 3. The maximum atomic E-state index is 13.3. The Balaban J connectivity index is 1.98. The van der Waals surface area contributed by atoms with Crippen LogP contribution in [0.3, 0.4) is 0 Å². The van der Waals surface area contributed by atoms with Crippen LogP contribution in [0, 0.1) is 0 Å². The van der Waals surface area contributed by atoms with Crippen molar-refractivity contribution < 1.29 is 33.3 Å². The molecule has 0 spiro atoms. The van der Waals surface area contributed by atoms with Gasteiger partial charge in [-0.25, -0.2) is 4.79 Å². The molecule has 0 saturated carbocycles. The van der Waals surface area contributed by atoms with Gasteiger partial charge in [-0.15, -0.1) is 0 Å². The summed E-state index contributed by atoms with van der Waals surface area (Å²) in [4.78, 5) is 38.8. The van der Waals surface area contributed by atoms with E-state index >= 15 is 0 Å². The summed E-state index contributed by atoms with van der Waals surface area (Å²) >= 11 is 0. The van der Waals surface area contributed by atoms with Crippen LogP contribution in [-0.4, -0.2) is 57.7 Å². The third-order valence-corrected chi connectivity index (χ3v) is 5.40. The van der Waals surface area contributed by atoms with E-state index in [1.54, 1.807) is 36.3 Å². The summed E-state index contributed by atoms with van der Waals surface area (Å²) in [6.07, 6.45) is 0.601. The molecular weight excluding hydrogens is 402 g/mol. The number of hydrogen-bond donors (Lipinski definition) is 0. The molecule has 8 heteroatoms. The fraction of sp³-hybridized carbons (Fsp3) is 0.348. The Hall–Kier alpha value is -3.55. The van der Waals surface area contributed by atoms with Crippen LogP contribution in [0.25, 0.3) is 0 Å². The van der Waals surface area contributed by atoms with Gasteiger partial charge in [0.1, 0.15) is 0 Å². The second-order valence-electron chi connectivity index (χ2n) is 7.02. The van der Waals surface area contributed by atoms with Crippen LogP contribution in [-0.2, 0) is 20.7 Å². The van der Waals surface area contributed by atoms with Gasteiger partial charge in [0.05, 0.1) is 46.5 Å². The molecule has 31 heavy (non-hydrogen) atoms. The first-order valence-electron chi connectivity index (χ1n) is 9.74. The molecule has 1 unspecified atom stereocenters. The maximum absolute atomic E-state index is 13.3. The lowest BCUT2D eigenvalue weighted by Gasteiger charge is -2.37.